The highest BCUT2D eigenvalue weighted by Gasteiger charge is 2.10. The number of rotatable bonds is 6. The van der Waals surface area contributed by atoms with E-state index in [4.69, 9.17) is 4.74 Å². The Morgan fingerprint density at radius 2 is 1.86 bits per heavy atom. The molecule has 0 bridgehead atoms. The molecule has 0 atom stereocenters. The highest BCUT2D eigenvalue weighted by Crippen LogP contribution is 2.19. The van der Waals surface area contributed by atoms with Crippen LogP contribution in [0.3, 0.4) is 0 Å². The smallest absolute Gasteiger partial charge is 0.261 e. The second-order valence-corrected chi connectivity index (χ2v) is 6.18. The van der Waals surface area contributed by atoms with Gasteiger partial charge < -0.3 is 10.1 Å². The Hall–Kier alpha value is -2.14. The fraction of sp³-hybridized carbons (Fsp3) is 0.294. The molecule has 0 saturated carbocycles. The van der Waals surface area contributed by atoms with Crippen LogP contribution in [-0.2, 0) is 0 Å². The number of aryl methyl sites for hydroxylation is 2. The average molecular weight is 317 g/mol. The van der Waals surface area contributed by atoms with Crippen molar-refractivity contribution in [2.75, 3.05) is 13.2 Å². The van der Waals surface area contributed by atoms with Gasteiger partial charge in [-0.05, 0) is 44.5 Å². The molecule has 2 aromatic rings. The number of nitrogens with one attached hydrogen (secondary N) is 1. The Morgan fingerprint density at radius 1 is 1.14 bits per heavy atom. The van der Waals surface area contributed by atoms with Crippen molar-refractivity contribution in [3.63, 3.8) is 0 Å². The maximum atomic E-state index is 11.9. The highest BCUT2D eigenvalue weighted by molar-refractivity contribution is 7.15. The predicted molar refractivity (Wildman–Crippen MR) is 88.1 cm³/mol. The fourth-order valence-corrected chi connectivity index (χ4v) is 2.84. The van der Waals surface area contributed by atoms with Gasteiger partial charge in [-0.2, -0.15) is 0 Å². The monoisotopic (exact) mass is 317 g/mol. The summed E-state index contributed by atoms with van der Waals surface area (Å²) in [5, 5.41) is 2.79. The first-order chi connectivity index (χ1) is 10.5. The molecule has 0 aliphatic rings. The molecular formula is C17H19NO3S. The van der Waals surface area contributed by atoms with Crippen LogP contribution < -0.4 is 10.1 Å². The molecule has 0 radical (unpaired) electrons. The molecule has 1 amide bonds. The molecule has 2 rings (SSSR count). The molecule has 1 heterocycles. The molecule has 1 aromatic heterocycles. The standard InChI is InChI=1S/C17H19NO3S/c1-11-4-5-14(12(2)10-11)21-9-8-18-17(20)16-7-6-15(22-16)13(3)19/h4-7,10H,8-9H2,1-3H3,(H,18,20). The van der Waals surface area contributed by atoms with Crippen molar-refractivity contribution in [2.24, 2.45) is 0 Å². The van der Waals surface area contributed by atoms with Crippen molar-refractivity contribution in [1.82, 2.24) is 5.32 Å². The van der Waals surface area contributed by atoms with Crippen molar-refractivity contribution in [3.05, 3.63) is 51.2 Å². The van der Waals surface area contributed by atoms with Crippen LogP contribution in [0.5, 0.6) is 5.75 Å². The third-order valence-electron chi connectivity index (χ3n) is 3.15. The van der Waals surface area contributed by atoms with Crippen LogP contribution in [0.15, 0.2) is 30.3 Å². The molecule has 1 N–H and O–H groups in total. The lowest BCUT2D eigenvalue weighted by Crippen LogP contribution is -2.27. The summed E-state index contributed by atoms with van der Waals surface area (Å²) in [5.74, 6) is 0.624. The van der Waals surface area contributed by atoms with Gasteiger partial charge in [-0.15, -0.1) is 11.3 Å². The number of ether oxygens (including phenoxy) is 1. The molecule has 0 fully saturated rings. The van der Waals surface area contributed by atoms with Crippen molar-refractivity contribution < 1.29 is 14.3 Å². The number of amides is 1. The molecule has 1 aromatic carbocycles. The molecular weight excluding hydrogens is 298 g/mol. The summed E-state index contributed by atoms with van der Waals surface area (Å²) < 4.78 is 5.66. The van der Waals surface area contributed by atoms with Crippen molar-refractivity contribution >= 4 is 23.0 Å². The van der Waals surface area contributed by atoms with Crippen LogP contribution in [0.4, 0.5) is 0 Å². The molecule has 0 unspecified atom stereocenters. The van der Waals surface area contributed by atoms with Crippen molar-refractivity contribution in [2.45, 2.75) is 20.8 Å². The van der Waals surface area contributed by atoms with Gasteiger partial charge in [0.1, 0.15) is 12.4 Å². The molecule has 22 heavy (non-hydrogen) atoms. The first-order valence-corrected chi connectivity index (χ1v) is 7.88. The van der Waals surface area contributed by atoms with Gasteiger partial charge in [0.05, 0.1) is 16.3 Å². The summed E-state index contributed by atoms with van der Waals surface area (Å²) >= 11 is 1.21. The van der Waals surface area contributed by atoms with E-state index >= 15 is 0 Å². The zero-order valence-corrected chi connectivity index (χ0v) is 13.8. The van der Waals surface area contributed by atoms with E-state index < -0.39 is 0 Å². The van der Waals surface area contributed by atoms with E-state index in [1.54, 1.807) is 12.1 Å². The second kappa shape index (κ2) is 7.22. The van der Waals surface area contributed by atoms with Gasteiger partial charge in [0.25, 0.3) is 5.91 Å². The number of benzene rings is 1. The minimum Gasteiger partial charge on any atom is -0.491 e. The lowest BCUT2D eigenvalue weighted by molar-refractivity contribution is 0.0950. The van der Waals surface area contributed by atoms with Crippen LogP contribution in [0.2, 0.25) is 0 Å². The van der Waals surface area contributed by atoms with E-state index in [1.807, 2.05) is 26.0 Å². The van der Waals surface area contributed by atoms with Gasteiger partial charge in [-0.25, -0.2) is 0 Å². The minimum atomic E-state index is -0.179. The number of carbonyl (C=O) groups excluding carboxylic acids is 2. The zero-order chi connectivity index (χ0) is 16.1. The fourth-order valence-electron chi connectivity index (χ4n) is 2.02. The molecule has 5 heteroatoms. The van der Waals surface area contributed by atoms with Gasteiger partial charge >= 0.3 is 0 Å². The molecule has 0 saturated heterocycles. The summed E-state index contributed by atoms with van der Waals surface area (Å²) in [7, 11) is 0. The second-order valence-electron chi connectivity index (χ2n) is 5.09. The van der Waals surface area contributed by atoms with Gasteiger partial charge in [0.15, 0.2) is 5.78 Å². The topological polar surface area (TPSA) is 55.4 Å². The normalized spacial score (nSPS) is 10.3. The highest BCUT2D eigenvalue weighted by atomic mass is 32.1. The lowest BCUT2D eigenvalue weighted by Gasteiger charge is -2.10. The summed E-state index contributed by atoms with van der Waals surface area (Å²) in [5.41, 5.74) is 2.27. The van der Waals surface area contributed by atoms with E-state index in [2.05, 4.69) is 11.4 Å². The van der Waals surface area contributed by atoms with Crippen LogP contribution >= 0.6 is 11.3 Å². The predicted octanol–water partition coefficient (Wildman–Crippen LogP) is 3.38. The number of ketones is 1. The van der Waals surface area contributed by atoms with Crippen LogP contribution in [0, 0.1) is 13.8 Å². The zero-order valence-electron chi connectivity index (χ0n) is 12.9. The van der Waals surface area contributed by atoms with E-state index in [-0.39, 0.29) is 11.7 Å². The number of thiophene rings is 1. The Labute approximate surface area is 134 Å². The Balaban J connectivity index is 1.80. The minimum absolute atomic E-state index is 0.0257. The van der Waals surface area contributed by atoms with E-state index in [0.29, 0.717) is 22.9 Å². The lowest BCUT2D eigenvalue weighted by atomic mass is 10.1. The van der Waals surface area contributed by atoms with Crippen LogP contribution in [-0.4, -0.2) is 24.8 Å². The largest absolute Gasteiger partial charge is 0.491 e. The van der Waals surface area contributed by atoms with E-state index in [0.717, 1.165) is 11.3 Å². The molecule has 0 aliphatic carbocycles. The average Bonchev–Trinajstić information content (AvgIpc) is 2.95. The summed E-state index contributed by atoms with van der Waals surface area (Å²) in [6.45, 7) is 6.34. The Bertz CT molecular complexity index is 691. The summed E-state index contributed by atoms with van der Waals surface area (Å²) in [4.78, 5) is 24.3. The third kappa shape index (κ3) is 4.18. The number of hydrogen-bond acceptors (Lipinski definition) is 4. The molecule has 4 nitrogen and oxygen atoms in total. The number of hydrogen-bond donors (Lipinski definition) is 1. The maximum Gasteiger partial charge on any atom is 0.261 e. The van der Waals surface area contributed by atoms with E-state index in [1.165, 1.54) is 23.8 Å². The van der Waals surface area contributed by atoms with Crippen molar-refractivity contribution in [3.8, 4) is 5.75 Å². The molecule has 0 aliphatic heterocycles. The van der Waals surface area contributed by atoms with Crippen molar-refractivity contribution in [1.29, 1.82) is 0 Å². The SMILES string of the molecule is CC(=O)c1ccc(C(=O)NCCOc2ccc(C)cc2C)s1. The first kappa shape index (κ1) is 16.2. The molecule has 0 spiro atoms. The number of Topliss-reactive ketones (excluding diaryl/α,β-unsaturated/α-hetero) is 1. The first-order valence-electron chi connectivity index (χ1n) is 7.06. The quantitative estimate of drug-likeness (QED) is 0.656. The third-order valence-corrected chi connectivity index (χ3v) is 4.34. The summed E-state index contributed by atoms with van der Waals surface area (Å²) in [6.07, 6.45) is 0. The van der Waals surface area contributed by atoms with Gasteiger partial charge in [0, 0.05) is 0 Å². The Kier molecular flexibility index (Phi) is 5.33. The maximum absolute atomic E-state index is 11.9. The van der Waals surface area contributed by atoms with Gasteiger partial charge in [0.2, 0.25) is 0 Å². The number of carbonyl (C=O) groups is 2. The van der Waals surface area contributed by atoms with Gasteiger partial charge in [-0.1, -0.05) is 17.7 Å². The Morgan fingerprint density at radius 3 is 2.50 bits per heavy atom. The van der Waals surface area contributed by atoms with Crippen LogP contribution in [0.1, 0.15) is 37.4 Å². The summed E-state index contributed by atoms with van der Waals surface area (Å²) in [6, 6.07) is 9.33. The van der Waals surface area contributed by atoms with E-state index in [9.17, 15) is 9.59 Å². The van der Waals surface area contributed by atoms with Crippen LogP contribution in [0.25, 0.3) is 0 Å². The molecule has 116 valence electrons. The van der Waals surface area contributed by atoms with Gasteiger partial charge in [-0.3, -0.25) is 9.59 Å².